The topological polar surface area (TPSA) is 53.6 Å². The summed E-state index contributed by atoms with van der Waals surface area (Å²) in [6.45, 7) is 7.94. The Morgan fingerprint density at radius 3 is 2.91 bits per heavy atom. The molecule has 0 radical (unpaired) electrons. The fourth-order valence-electron chi connectivity index (χ4n) is 2.78. The molecule has 5 heteroatoms. The number of amides is 2. The van der Waals surface area contributed by atoms with Gasteiger partial charge in [-0.25, -0.2) is 4.79 Å². The van der Waals surface area contributed by atoms with Crippen molar-refractivity contribution in [1.29, 1.82) is 0 Å². The third-order valence-electron chi connectivity index (χ3n) is 4.00. The predicted octanol–water partition coefficient (Wildman–Crippen LogP) is 3.17. The Hall–Kier alpha value is -2.01. The largest absolute Gasteiger partial charge is 0.497 e. The lowest BCUT2D eigenvalue weighted by Crippen LogP contribution is -2.36. The molecule has 5 nitrogen and oxygen atoms in total. The number of nitrogens with zero attached hydrogens (tertiary/aromatic N) is 1. The predicted molar refractivity (Wildman–Crippen MR) is 94.2 cm³/mol. The number of rotatable bonds is 6. The fourth-order valence-corrected chi connectivity index (χ4v) is 2.78. The first-order valence-corrected chi connectivity index (χ1v) is 8.22. The summed E-state index contributed by atoms with van der Waals surface area (Å²) in [5.74, 6) is 0.789. The molecule has 0 bridgehead atoms. The number of aryl methyl sites for hydroxylation is 1. The maximum absolute atomic E-state index is 12.1. The van der Waals surface area contributed by atoms with Gasteiger partial charge in [-0.05, 0) is 55.6 Å². The molecule has 1 aliphatic heterocycles. The molecule has 0 spiro atoms. The molecular formula is C18H27N3O2. The standard InChI is InChI=1S/C18H27N3O2/c1-4-9-21-10-5-6-15(13-21)12-19-18(22)20-17-8-7-16(23-3)11-14(17)2/h6-8,11H,4-5,9-10,12-13H2,1-3H3,(H2,19,20,22). The van der Waals surface area contributed by atoms with E-state index in [0.29, 0.717) is 6.54 Å². The van der Waals surface area contributed by atoms with E-state index in [1.54, 1.807) is 7.11 Å². The number of nitrogens with one attached hydrogen (secondary N) is 2. The minimum Gasteiger partial charge on any atom is -0.497 e. The van der Waals surface area contributed by atoms with Gasteiger partial charge in [-0.2, -0.15) is 0 Å². The molecule has 2 N–H and O–H groups in total. The number of anilines is 1. The van der Waals surface area contributed by atoms with Gasteiger partial charge in [-0.3, -0.25) is 4.90 Å². The summed E-state index contributed by atoms with van der Waals surface area (Å²) in [7, 11) is 1.63. The first-order valence-electron chi connectivity index (χ1n) is 8.22. The minimum atomic E-state index is -0.174. The molecule has 2 amide bonds. The summed E-state index contributed by atoms with van der Waals surface area (Å²) >= 11 is 0. The highest BCUT2D eigenvalue weighted by atomic mass is 16.5. The molecule has 1 aromatic carbocycles. The zero-order valence-electron chi connectivity index (χ0n) is 14.3. The number of carbonyl (C=O) groups excluding carboxylic acids is 1. The van der Waals surface area contributed by atoms with E-state index >= 15 is 0 Å². The highest BCUT2D eigenvalue weighted by molar-refractivity contribution is 5.90. The summed E-state index contributed by atoms with van der Waals surface area (Å²) in [5.41, 5.74) is 3.06. The van der Waals surface area contributed by atoms with Crippen LogP contribution in [-0.2, 0) is 0 Å². The Morgan fingerprint density at radius 2 is 2.22 bits per heavy atom. The quantitative estimate of drug-likeness (QED) is 0.792. The van der Waals surface area contributed by atoms with Crippen LogP contribution in [0.2, 0.25) is 0 Å². The van der Waals surface area contributed by atoms with Crippen molar-refractivity contribution in [3.8, 4) is 5.75 Å². The highest BCUT2D eigenvalue weighted by Gasteiger charge is 2.12. The molecule has 0 saturated heterocycles. The number of methoxy groups -OCH3 is 1. The monoisotopic (exact) mass is 317 g/mol. The van der Waals surface area contributed by atoms with E-state index in [9.17, 15) is 4.79 Å². The van der Waals surface area contributed by atoms with Crippen LogP contribution in [0.15, 0.2) is 29.8 Å². The van der Waals surface area contributed by atoms with E-state index in [2.05, 4.69) is 28.5 Å². The fraction of sp³-hybridized carbons (Fsp3) is 0.500. The van der Waals surface area contributed by atoms with Crippen LogP contribution < -0.4 is 15.4 Å². The van der Waals surface area contributed by atoms with Crippen molar-refractivity contribution >= 4 is 11.7 Å². The van der Waals surface area contributed by atoms with E-state index in [1.165, 1.54) is 5.57 Å². The van der Waals surface area contributed by atoms with Crippen molar-refractivity contribution in [3.63, 3.8) is 0 Å². The third kappa shape index (κ3) is 5.28. The number of hydrogen-bond acceptors (Lipinski definition) is 3. The van der Waals surface area contributed by atoms with E-state index in [0.717, 1.165) is 49.5 Å². The Kier molecular flexibility index (Phi) is 6.47. The number of urea groups is 1. The van der Waals surface area contributed by atoms with Gasteiger partial charge in [0.1, 0.15) is 5.75 Å². The van der Waals surface area contributed by atoms with Crippen LogP contribution >= 0.6 is 0 Å². The molecule has 1 heterocycles. The Balaban J connectivity index is 1.82. The number of carbonyl (C=O) groups is 1. The third-order valence-corrected chi connectivity index (χ3v) is 4.00. The maximum atomic E-state index is 12.1. The van der Waals surface area contributed by atoms with Crippen LogP contribution in [0.25, 0.3) is 0 Å². The van der Waals surface area contributed by atoms with Crippen molar-refractivity contribution in [3.05, 3.63) is 35.4 Å². The molecule has 0 unspecified atom stereocenters. The van der Waals surface area contributed by atoms with Crippen molar-refractivity contribution < 1.29 is 9.53 Å². The molecule has 2 rings (SSSR count). The molecular weight excluding hydrogens is 290 g/mol. The van der Waals surface area contributed by atoms with E-state index in [4.69, 9.17) is 4.74 Å². The smallest absolute Gasteiger partial charge is 0.319 e. The molecule has 0 fully saturated rings. The van der Waals surface area contributed by atoms with Crippen LogP contribution in [0.3, 0.4) is 0 Å². The molecule has 23 heavy (non-hydrogen) atoms. The number of benzene rings is 1. The summed E-state index contributed by atoms with van der Waals surface area (Å²) in [6, 6.07) is 5.43. The van der Waals surface area contributed by atoms with Crippen molar-refractivity contribution in [2.24, 2.45) is 0 Å². The number of hydrogen-bond donors (Lipinski definition) is 2. The lowest BCUT2D eigenvalue weighted by Gasteiger charge is -2.27. The first kappa shape index (κ1) is 17.3. The van der Waals surface area contributed by atoms with Gasteiger partial charge in [0.2, 0.25) is 0 Å². The van der Waals surface area contributed by atoms with Crippen LogP contribution in [0.1, 0.15) is 25.3 Å². The van der Waals surface area contributed by atoms with Gasteiger partial charge in [0, 0.05) is 25.3 Å². The van der Waals surface area contributed by atoms with E-state index < -0.39 is 0 Å². The Morgan fingerprint density at radius 1 is 1.39 bits per heavy atom. The summed E-state index contributed by atoms with van der Waals surface area (Å²) in [6.07, 6.45) is 4.47. The SMILES string of the molecule is CCCN1CCC=C(CNC(=O)Nc2ccc(OC)cc2C)C1. The first-order chi connectivity index (χ1) is 11.1. The molecule has 0 saturated carbocycles. The maximum Gasteiger partial charge on any atom is 0.319 e. The van der Waals surface area contributed by atoms with E-state index in [1.807, 2.05) is 25.1 Å². The molecule has 126 valence electrons. The average molecular weight is 317 g/mol. The average Bonchev–Trinajstić information content (AvgIpc) is 2.55. The highest BCUT2D eigenvalue weighted by Crippen LogP contribution is 2.20. The van der Waals surface area contributed by atoms with Gasteiger partial charge in [0.05, 0.1) is 7.11 Å². The van der Waals surface area contributed by atoms with Gasteiger partial charge in [0.25, 0.3) is 0 Å². The molecule has 0 atom stereocenters. The summed E-state index contributed by atoms with van der Waals surface area (Å²) < 4.78 is 5.17. The minimum absolute atomic E-state index is 0.174. The van der Waals surface area contributed by atoms with Crippen LogP contribution in [-0.4, -0.2) is 44.2 Å². The van der Waals surface area contributed by atoms with Crippen molar-refractivity contribution in [2.45, 2.75) is 26.7 Å². The number of ether oxygens (including phenoxy) is 1. The van der Waals surface area contributed by atoms with Gasteiger partial charge in [0.15, 0.2) is 0 Å². The summed E-state index contributed by atoms with van der Waals surface area (Å²) in [5, 5.41) is 5.83. The van der Waals surface area contributed by atoms with Crippen molar-refractivity contribution in [1.82, 2.24) is 10.2 Å². The normalized spacial score (nSPS) is 15.0. The van der Waals surface area contributed by atoms with Crippen molar-refractivity contribution in [2.75, 3.05) is 38.6 Å². The van der Waals surface area contributed by atoms with Gasteiger partial charge in [-0.15, -0.1) is 0 Å². The lowest BCUT2D eigenvalue weighted by atomic mass is 10.1. The second-order valence-electron chi connectivity index (χ2n) is 5.92. The van der Waals surface area contributed by atoms with E-state index in [-0.39, 0.29) is 6.03 Å². The molecule has 1 aliphatic rings. The lowest BCUT2D eigenvalue weighted by molar-refractivity contribution is 0.251. The second-order valence-corrected chi connectivity index (χ2v) is 5.92. The van der Waals surface area contributed by atoms with Crippen LogP contribution in [0, 0.1) is 6.92 Å². The van der Waals surface area contributed by atoms with Gasteiger partial charge >= 0.3 is 6.03 Å². The van der Waals surface area contributed by atoms with Crippen LogP contribution in [0.4, 0.5) is 10.5 Å². The molecule has 1 aromatic rings. The zero-order valence-corrected chi connectivity index (χ0v) is 14.3. The Bertz CT molecular complexity index is 569. The molecule has 0 aliphatic carbocycles. The van der Waals surface area contributed by atoms with Gasteiger partial charge < -0.3 is 15.4 Å². The second kappa shape index (κ2) is 8.58. The Labute approximate surface area is 138 Å². The van der Waals surface area contributed by atoms with Crippen LogP contribution in [0.5, 0.6) is 5.75 Å². The summed E-state index contributed by atoms with van der Waals surface area (Å²) in [4.78, 5) is 14.5. The zero-order chi connectivity index (χ0) is 16.7. The molecule has 0 aromatic heterocycles. The van der Waals surface area contributed by atoms with Gasteiger partial charge in [-0.1, -0.05) is 13.0 Å².